The third-order valence-electron chi connectivity index (χ3n) is 5.11. The Morgan fingerprint density at radius 3 is 2.74 bits per heavy atom. The SMILES string of the molecule is CC(C)C1CCN(C(=O)CCC2CCCC(N)C2)C1. The number of carbonyl (C=O) groups excluding carboxylic acids is 1. The minimum absolute atomic E-state index is 0.377. The Hall–Kier alpha value is -0.570. The topological polar surface area (TPSA) is 46.3 Å². The first-order chi connectivity index (χ1) is 9.06. The Morgan fingerprint density at radius 1 is 1.32 bits per heavy atom. The number of amides is 1. The van der Waals surface area contributed by atoms with E-state index in [9.17, 15) is 4.79 Å². The molecule has 0 aromatic heterocycles. The predicted molar refractivity (Wildman–Crippen MR) is 78.7 cm³/mol. The van der Waals surface area contributed by atoms with Crippen molar-refractivity contribution in [3.05, 3.63) is 0 Å². The first kappa shape index (κ1) is 14.8. The number of likely N-dealkylation sites (tertiary alicyclic amines) is 1. The van der Waals surface area contributed by atoms with E-state index < -0.39 is 0 Å². The highest BCUT2D eigenvalue weighted by Gasteiger charge is 2.28. The van der Waals surface area contributed by atoms with E-state index in [1.807, 2.05) is 0 Å². The zero-order valence-electron chi connectivity index (χ0n) is 12.6. The number of hydrogen-bond donors (Lipinski definition) is 1. The van der Waals surface area contributed by atoms with Crippen LogP contribution in [-0.4, -0.2) is 29.9 Å². The zero-order chi connectivity index (χ0) is 13.8. The van der Waals surface area contributed by atoms with Crippen molar-refractivity contribution in [2.24, 2.45) is 23.5 Å². The molecule has 3 heteroatoms. The molecule has 2 rings (SSSR count). The molecule has 1 saturated carbocycles. The molecule has 0 aromatic rings. The quantitative estimate of drug-likeness (QED) is 0.850. The van der Waals surface area contributed by atoms with Crippen LogP contribution in [0.2, 0.25) is 0 Å². The van der Waals surface area contributed by atoms with Gasteiger partial charge < -0.3 is 10.6 Å². The summed E-state index contributed by atoms with van der Waals surface area (Å²) in [5.41, 5.74) is 6.01. The van der Waals surface area contributed by atoms with Crippen molar-refractivity contribution in [2.45, 2.75) is 64.8 Å². The lowest BCUT2D eigenvalue weighted by Crippen LogP contribution is -2.31. The Kier molecular flexibility index (Phi) is 5.26. The van der Waals surface area contributed by atoms with E-state index in [4.69, 9.17) is 5.73 Å². The maximum atomic E-state index is 12.2. The molecule has 1 aliphatic carbocycles. The Labute approximate surface area is 117 Å². The molecule has 1 aliphatic heterocycles. The molecule has 2 N–H and O–H groups in total. The summed E-state index contributed by atoms with van der Waals surface area (Å²) in [5.74, 6) is 2.49. The van der Waals surface area contributed by atoms with E-state index in [0.29, 0.717) is 29.7 Å². The van der Waals surface area contributed by atoms with Crippen molar-refractivity contribution in [3.8, 4) is 0 Å². The van der Waals surface area contributed by atoms with Gasteiger partial charge in [-0.2, -0.15) is 0 Å². The highest BCUT2D eigenvalue weighted by atomic mass is 16.2. The largest absolute Gasteiger partial charge is 0.342 e. The monoisotopic (exact) mass is 266 g/mol. The molecular formula is C16H30N2O. The third kappa shape index (κ3) is 4.20. The van der Waals surface area contributed by atoms with Gasteiger partial charge in [0.2, 0.25) is 5.91 Å². The van der Waals surface area contributed by atoms with E-state index in [1.165, 1.54) is 25.7 Å². The van der Waals surface area contributed by atoms with Gasteiger partial charge >= 0.3 is 0 Å². The summed E-state index contributed by atoms with van der Waals surface area (Å²) in [6.45, 7) is 6.50. The lowest BCUT2D eigenvalue weighted by atomic mass is 9.83. The van der Waals surface area contributed by atoms with Crippen LogP contribution in [0.1, 0.15) is 58.8 Å². The van der Waals surface area contributed by atoms with Gasteiger partial charge in [-0.1, -0.05) is 26.7 Å². The summed E-state index contributed by atoms with van der Waals surface area (Å²) in [6, 6.07) is 0.381. The van der Waals surface area contributed by atoms with Crippen molar-refractivity contribution in [1.82, 2.24) is 4.90 Å². The summed E-state index contributed by atoms with van der Waals surface area (Å²) in [5, 5.41) is 0. The van der Waals surface area contributed by atoms with Crippen LogP contribution >= 0.6 is 0 Å². The molecule has 1 amide bonds. The summed E-state index contributed by atoms with van der Waals surface area (Å²) in [6.07, 6.45) is 7.80. The van der Waals surface area contributed by atoms with E-state index in [2.05, 4.69) is 18.7 Å². The molecule has 19 heavy (non-hydrogen) atoms. The van der Waals surface area contributed by atoms with Crippen molar-refractivity contribution in [3.63, 3.8) is 0 Å². The standard InChI is InChI=1S/C16H30N2O/c1-12(2)14-8-9-18(11-14)16(19)7-6-13-4-3-5-15(17)10-13/h12-15H,3-11,17H2,1-2H3. The maximum absolute atomic E-state index is 12.2. The van der Waals surface area contributed by atoms with E-state index in [0.717, 1.165) is 32.4 Å². The summed E-state index contributed by atoms with van der Waals surface area (Å²) in [4.78, 5) is 14.3. The van der Waals surface area contributed by atoms with Crippen LogP contribution in [0.4, 0.5) is 0 Å². The van der Waals surface area contributed by atoms with Crippen molar-refractivity contribution >= 4 is 5.91 Å². The average molecular weight is 266 g/mol. The van der Waals surface area contributed by atoms with Gasteiger partial charge in [0.05, 0.1) is 0 Å². The van der Waals surface area contributed by atoms with Crippen LogP contribution in [0.15, 0.2) is 0 Å². The van der Waals surface area contributed by atoms with Crippen LogP contribution in [0.5, 0.6) is 0 Å². The molecule has 0 aromatic carbocycles. The van der Waals surface area contributed by atoms with Gasteiger partial charge in [0.1, 0.15) is 0 Å². The summed E-state index contributed by atoms with van der Waals surface area (Å²) >= 11 is 0. The molecule has 2 fully saturated rings. The Morgan fingerprint density at radius 2 is 2.11 bits per heavy atom. The van der Waals surface area contributed by atoms with Gasteiger partial charge in [0, 0.05) is 25.6 Å². The molecule has 1 saturated heterocycles. The van der Waals surface area contributed by atoms with Crippen molar-refractivity contribution in [1.29, 1.82) is 0 Å². The van der Waals surface area contributed by atoms with Gasteiger partial charge in [0.15, 0.2) is 0 Å². The lowest BCUT2D eigenvalue weighted by molar-refractivity contribution is -0.130. The molecule has 1 heterocycles. The first-order valence-corrected chi connectivity index (χ1v) is 8.09. The second kappa shape index (κ2) is 6.74. The molecule has 3 unspecified atom stereocenters. The Bertz CT molecular complexity index is 303. The number of carbonyl (C=O) groups is 1. The first-order valence-electron chi connectivity index (χ1n) is 8.09. The molecule has 0 spiro atoms. The van der Waals surface area contributed by atoms with Gasteiger partial charge in [0.25, 0.3) is 0 Å². The number of nitrogens with two attached hydrogens (primary N) is 1. The third-order valence-corrected chi connectivity index (χ3v) is 5.11. The second-order valence-corrected chi connectivity index (χ2v) is 6.96. The zero-order valence-corrected chi connectivity index (χ0v) is 12.6. The fourth-order valence-corrected chi connectivity index (χ4v) is 3.64. The molecule has 110 valence electrons. The lowest BCUT2D eigenvalue weighted by Gasteiger charge is -2.27. The van der Waals surface area contributed by atoms with E-state index in [1.54, 1.807) is 0 Å². The van der Waals surface area contributed by atoms with Crippen LogP contribution in [0.25, 0.3) is 0 Å². The number of hydrogen-bond acceptors (Lipinski definition) is 2. The van der Waals surface area contributed by atoms with Gasteiger partial charge in [-0.05, 0) is 43.4 Å². The Balaban J connectivity index is 1.70. The smallest absolute Gasteiger partial charge is 0.222 e. The fraction of sp³-hybridized carbons (Fsp3) is 0.938. The van der Waals surface area contributed by atoms with Crippen molar-refractivity contribution in [2.75, 3.05) is 13.1 Å². The van der Waals surface area contributed by atoms with Crippen LogP contribution in [-0.2, 0) is 4.79 Å². The predicted octanol–water partition coefficient (Wildman–Crippen LogP) is 2.79. The molecule has 0 radical (unpaired) electrons. The van der Waals surface area contributed by atoms with Gasteiger partial charge in [-0.3, -0.25) is 4.79 Å². The van der Waals surface area contributed by atoms with Gasteiger partial charge in [-0.25, -0.2) is 0 Å². The fourth-order valence-electron chi connectivity index (χ4n) is 3.64. The van der Waals surface area contributed by atoms with Crippen molar-refractivity contribution < 1.29 is 4.79 Å². The van der Waals surface area contributed by atoms with Gasteiger partial charge in [-0.15, -0.1) is 0 Å². The van der Waals surface area contributed by atoms with Crippen LogP contribution in [0, 0.1) is 17.8 Å². The maximum Gasteiger partial charge on any atom is 0.222 e. The molecule has 3 nitrogen and oxygen atoms in total. The molecular weight excluding hydrogens is 236 g/mol. The highest BCUT2D eigenvalue weighted by molar-refractivity contribution is 5.76. The average Bonchev–Trinajstić information content (AvgIpc) is 2.86. The molecule has 0 bridgehead atoms. The number of rotatable bonds is 4. The number of nitrogens with zero attached hydrogens (tertiary/aromatic N) is 1. The van der Waals surface area contributed by atoms with Crippen LogP contribution < -0.4 is 5.73 Å². The molecule has 3 atom stereocenters. The minimum atomic E-state index is 0.377. The summed E-state index contributed by atoms with van der Waals surface area (Å²) < 4.78 is 0. The minimum Gasteiger partial charge on any atom is -0.342 e. The summed E-state index contributed by atoms with van der Waals surface area (Å²) in [7, 11) is 0. The molecule has 2 aliphatic rings. The van der Waals surface area contributed by atoms with Crippen LogP contribution in [0.3, 0.4) is 0 Å². The van der Waals surface area contributed by atoms with E-state index in [-0.39, 0.29) is 0 Å². The highest BCUT2D eigenvalue weighted by Crippen LogP contribution is 2.28. The normalized spacial score (nSPS) is 32.0. The second-order valence-electron chi connectivity index (χ2n) is 6.96. The van der Waals surface area contributed by atoms with E-state index >= 15 is 0 Å².